The molecular formula is C19H30FIN4O. The molecule has 0 aliphatic carbocycles. The van der Waals surface area contributed by atoms with E-state index in [1.165, 1.54) is 12.5 Å². The molecule has 3 atom stereocenters. The summed E-state index contributed by atoms with van der Waals surface area (Å²) in [6.07, 6.45) is 5.12. The van der Waals surface area contributed by atoms with Gasteiger partial charge in [-0.15, -0.1) is 24.0 Å². The molecule has 2 aliphatic rings. The number of aliphatic imine (C=N–C) groups is 1. The van der Waals surface area contributed by atoms with Crippen LogP contribution in [0.5, 0.6) is 0 Å². The Balaban J connectivity index is 0.00000243. The SMILES string of the molecule is CCNC(=NCCCN(C)c1cccc(F)c1)NC1CC2CCC1O2.I. The van der Waals surface area contributed by atoms with Crippen molar-refractivity contribution in [2.45, 2.75) is 50.9 Å². The number of ether oxygens (including phenoxy) is 1. The lowest BCUT2D eigenvalue weighted by Crippen LogP contribution is -2.47. The molecule has 3 unspecified atom stereocenters. The van der Waals surface area contributed by atoms with Crippen LogP contribution >= 0.6 is 24.0 Å². The first-order valence-electron chi connectivity index (χ1n) is 9.32. The fraction of sp³-hybridized carbons (Fsp3) is 0.632. The highest BCUT2D eigenvalue weighted by atomic mass is 127. The predicted molar refractivity (Wildman–Crippen MR) is 115 cm³/mol. The monoisotopic (exact) mass is 476 g/mol. The number of guanidine groups is 1. The zero-order valence-electron chi connectivity index (χ0n) is 15.6. The molecule has 0 aromatic heterocycles. The van der Waals surface area contributed by atoms with Gasteiger partial charge in [0, 0.05) is 32.4 Å². The van der Waals surface area contributed by atoms with Gasteiger partial charge in [0.1, 0.15) is 5.82 Å². The number of nitrogens with zero attached hydrogens (tertiary/aromatic N) is 2. The topological polar surface area (TPSA) is 48.9 Å². The van der Waals surface area contributed by atoms with Gasteiger partial charge < -0.3 is 20.3 Å². The molecule has 2 aliphatic heterocycles. The van der Waals surface area contributed by atoms with Crippen molar-refractivity contribution < 1.29 is 9.13 Å². The second kappa shape index (κ2) is 10.3. The van der Waals surface area contributed by atoms with Crippen LogP contribution in [0.4, 0.5) is 10.1 Å². The molecule has 3 rings (SSSR count). The first-order valence-corrected chi connectivity index (χ1v) is 9.32. The summed E-state index contributed by atoms with van der Waals surface area (Å²) in [7, 11) is 1.98. The highest BCUT2D eigenvalue weighted by Crippen LogP contribution is 2.34. The van der Waals surface area contributed by atoms with Crippen molar-refractivity contribution in [3.05, 3.63) is 30.1 Å². The van der Waals surface area contributed by atoms with E-state index in [4.69, 9.17) is 4.74 Å². The maximum absolute atomic E-state index is 13.3. The highest BCUT2D eigenvalue weighted by molar-refractivity contribution is 14.0. The molecule has 26 heavy (non-hydrogen) atoms. The van der Waals surface area contributed by atoms with E-state index < -0.39 is 0 Å². The van der Waals surface area contributed by atoms with Gasteiger partial charge in [0.2, 0.25) is 0 Å². The smallest absolute Gasteiger partial charge is 0.191 e. The molecular weight excluding hydrogens is 446 g/mol. The predicted octanol–water partition coefficient (Wildman–Crippen LogP) is 3.15. The summed E-state index contributed by atoms with van der Waals surface area (Å²) < 4.78 is 19.2. The Morgan fingerprint density at radius 3 is 2.88 bits per heavy atom. The molecule has 0 saturated carbocycles. The summed E-state index contributed by atoms with van der Waals surface area (Å²) in [5.74, 6) is 0.672. The van der Waals surface area contributed by atoms with Gasteiger partial charge in [-0.1, -0.05) is 6.07 Å². The second-order valence-corrected chi connectivity index (χ2v) is 6.88. The van der Waals surface area contributed by atoms with Gasteiger partial charge in [-0.25, -0.2) is 4.39 Å². The van der Waals surface area contributed by atoms with E-state index in [-0.39, 0.29) is 29.8 Å². The minimum atomic E-state index is -0.200. The molecule has 7 heteroatoms. The first kappa shape index (κ1) is 21.2. The number of hydrogen-bond acceptors (Lipinski definition) is 3. The van der Waals surface area contributed by atoms with Crippen LogP contribution in [0, 0.1) is 5.82 Å². The van der Waals surface area contributed by atoms with Gasteiger partial charge in [-0.05, 0) is 50.8 Å². The maximum atomic E-state index is 13.3. The number of rotatable bonds is 7. The average molecular weight is 476 g/mol. The van der Waals surface area contributed by atoms with E-state index in [0.717, 1.165) is 50.5 Å². The van der Waals surface area contributed by atoms with Crippen LogP contribution < -0.4 is 15.5 Å². The van der Waals surface area contributed by atoms with E-state index in [9.17, 15) is 4.39 Å². The highest BCUT2D eigenvalue weighted by Gasteiger charge is 2.41. The van der Waals surface area contributed by atoms with Gasteiger partial charge in [0.05, 0.1) is 18.2 Å². The van der Waals surface area contributed by atoms with Crippen LogP contribution in [0.2, 0.25) is 0 Å². The van der Waals surface area contributed by atoms with Gasteiger partial charge in [0.15, 0.2) is 5.96 Å². The molecule has 1 aromatic carbocycles. The maximum Gasteiger partial charge on any atom is 0.191 e. The molecule has 2 N–H and O–H groups in total. The summed E-state index contributed by atoms with van der Waals surface area (Å²) in [5, 5.41) is 6.84. The Kier molecular flexibility index (Phi) is 8.40. The van der Waals surface area contributed by atoms with Crippen LogP contribution in [0.3, 0.4) is 0 Å². The summed E-state index contributed by atoms with van der Waals surface area (Å²) >= 11 is 0. The molecule has 2 bridgehead atoms. The van der Waals surface area contributed by atoms with Crippen LogP contribution in [-0.4, -0.2) is 50.9 Å². The van der Waals surface area contributed by atoms with Gasteiger partial charge in [-0.2, -0.15) is 0 Å². The Morgan fingerprint density at radius 2 is 2.23 bits per heavy atom. The van der Waals surface area contributed by atoms with Gasteiger partial charge in [0.25, 0.3) is 0 Å². The Morgan fingerprint density at radius 1 is 1.38 bits per heavy atom. The van der Waals surface area contributed by atoms with E-state index in [0.29, 0.717) is 18.2 Å². The third-order valence-electron chi connectivity index (χ3n) is 4.94. The quantitative estimate of drug-likeness (QED) is 0.275. The van der Waals surface area contributed by atoms with Crippen molar-refractivity contribution in [3.8, 4) is 0 Å². The third kappa shape index (κ3) is 5.70. The normalized spacial score (nSPS) is 24.3. The number of fused-ring (bicyclic) bond motifs is 2. The molecule has 0 amide bonds. The lowest BCUT2D eigenvalue weighted by molar-refractivity contribution is 0.0992. The molecule has 146 valence electrons. The Labute approximate surface area is 172 Å². The summed E-state index contributed by atoms with van der Waals surface area (Å²) in [6.45, 7) is 4.49. The molecule has 5 nitrogen and oxygen atoms in total. The van der Waals surface area contributed by atoms with Crippen molar-refractivity contribution in [1.29, 1.82) is 0 Å². The number of hydrogen-bond donors (Lipinski definition) is 2. The van der Waals surface area contributed by atoms with E-state index in [1.54, 1.807) is 12.1 Å². The van der Waals surface area contributed by atoms with Crippen molar-refractivity contribution in [1.82, 2.24) is 10.6 Å². The molecule has 2 saturated heterocycles. The van der Waals surface area contributed by atoms with E-state index >= 15 is 0 Å². The second-order valence-electron chi connectivity index (χ2n) is 6.88. The first-order chi connectivity index (χ1) is 12.2. The van der Waals surface area contributed by atoms with Crippen molar-refractivity contribution in [2.24, 2.45) is 4.99 Å². The van der Waals surface area contributed by atoms with Crippen LogP contribution in [0.25, 0.3) is 0 Å². The summed E-state index contributed by atoms with van der Waals surface area (Å²) in [4.78, 5) is 6.74. The lowest BCUT2D eigenvalue weighted by atomic mass is 9.96. The number of nitrogens with one attached hydrogen (secondary N) is 2. The van der Waals surface area contributed by atoms with Crippen molar-refractivity contribution >= 4 is 35.6 Å². The fourth-order valence-electron chi connectivity index (χ4n) is 3.63. The van der Waals surface area contributed by atoms with Crippen LogP contribution in [0.1, 0.15) is 32.6 Å². The number of anilines is 1. The molecule has 2 heterocycles. The lowest BCUT2D eigenvalue weighted by Gasteiger charge is -2.23. The van der Waals surface area contributed by atoms with E-state index in [2.05, 4.69) is 27.4 Å². The molecule has 2 fully saturated rings. The van der Waals surface area contributed by atoms with Crippen molar-refractivity contribution in [2.75, 3.05) is 31.6 Å². The summed E-state index contributed by atoms with van der Waals surface area (Å²) in [6, 6.07) is 7.07. The van der Waals surface area contributed by atoms with Crippen LogP contribution in [0.15, 0.2) is 29.3 Å². The van der Waals surface area contributed by atoms with E-state index in [1.807, 2.05) is 13.1 Å². The average Bonchev–Trinajstić information content (AvgIpc) is 3.21. The zero-order chi connectivity index (χ0) is 17.6. The summed E-state index contributed by atoms with van der Waals surface area (Å²) in [5.41, 5.74) is 0.896. The minimum Gasteiger partial charge on any atom is -0.374 e. The Hall–Kier alpha value is -1.09. The largest absolute Gasteiger partial charge is 0.374 e. The number of benzene rings is 1. The molecule has 0 spiro atoms. The van der Waals surface area contributed by atoms with Crippen molar-refractivity contribution in [3.63, 3.8) is 0 Å². The van der Waals surface area contributed by atoms with Gasteiger partial charge in [-0.3, -0.25) is 4.99 Å². The van der Waals surface area contributed by atoms with Gasteiger partial charge >= 0.3 is 0 Å². The standard InChI is InChI=1S/C19H29FN4O.HI/c1-3-21-19(23-17-13-16-8-9-18(17)25-16)22-10-5-11-24(2)15-7-4-6-14(20)12-15;/h4,6-7,12,16-18H,3,5,8-11,13H2,1-2H3,(H2,21,22,23);1H. The minimum absolute atomic E-state index is 0. The fourth-order valence-corrected chi connectivity index (χ4v) is 3.63. The Bertz CT molecular complexity index is 601. The third-order valence-corrected chi connectivity index (χ3v) is 4.94. The molecule has 0 radical (unpaired) electrons. The number of halogens is 2. The zero-order valence-corrected chi connectivity index (χ0v) is 17.9. The van der Waals surface area contributed by atoms with Crippen LogP contribution in [-0.2, 0) is 4.74 Å². The molecule has 1 aromatic rings.